The molecule has 1 fully saturated rings. The molecular formula is C15H22O2. The fraction of sp³-hybridized carbons (Fsp3) is 0.667. The topological polar surface area (TPSA) is 37.3 Å². The molecule has 0 heterocycles. The van der Waals surface area contributed by atoms with Crippen molar-refractivity contribution in [1.82, 2.24) is 0 Å². The smallest absolute Gasteiger partial charge is 0.331 e. The van der Waals surface area contributed by atoms with Crippen molar-refractivity contribution in [3.8, 4) is 0 Å². The molecule has 2 unspecified atom stereocenters. The molecule has 0 spiro atoms. The summed E-state index contributed by atoms with van der Waals surface area (Å²) in [5, 5.41) is 9.11. The van der Waals surface area contributed by atoms with E-state index in [1.165, 1.54) is 12.8 Å². The third-order valence-corrected chi connectivity index (χ3v) is 4.94. The first-order valence-corrected chi connectivity index (χ1v) is 6.56. The Kier molecular flexibility index (Phi) is 3.15. The van der Waals surface area contributed by atoms with Crippen molar-refractivity contribution >= 4 is 5.97 Å². The fourth-order valence-corrected chi connectivity index (χ4v) is 3.34. The Labute approximate surface area is 103 Å². The van der Waals surface area contributed by atoms with Gasteiger partial charge in [-0.3, -0.25) is 0 Å². The van der Waals surface area contributed by atoms with Crippen molar-refractivity contribution in [2.75, 3.05) is 0 Å². The summed E-state index contributed by atoms with van der Waals surface area (Å²) in [6.45, 7) is 6.38. The Morgan fingerprint density at radius 1 is 1.47 bits per heavy atom. The Morgan fingerprint density at radius 3 is 2.82 bits per heavy atom. The van der Waals surface area contributed by atoms with E-state index in [2.05, 4.69) is 19.9 Å². The fourth-order valence-electron chi connectivity index (χ4n) is 3.34. The molecule has 0 aromatic rings. The second-order valence-electron chi connectivity index (χ2n) is 5.84. The summed E-state index contributed by atoms with van der Waals surface area (Å²) in [5.74, 6) is -0.0844. The first kappa shape index (κ1) is 12.4. The third-order valence-electron chi connectivity index (χ3n) is 4.94. The van der Waals surface area contributed by atoms with Crippen molar-refractivity contribution in [2.45, 2.75) is 52.9 Å². The van der Waals surface area contributed by atoms with E-state index < -0.39 is 5.97 Å². The quantitative estimate of drug-likeness (QED) is 0.551. The summed E-state index contributed by atoms with van der Waals surface area (Å²) in [7, 11) is 0. The van der Waals surface area contributed by atoms with Gasteiger partial charge in [-0.05, 0) is 50.4 Å². The van der Waals surface area contributed by atoms with E-state index >= 15 is 0 Å². The predicted octanol–water partition coefficient (Wildman–Crippen LogP) is 3.93. The van der Waals surface area contributed by atoms with Gasteiger partial charge in [-0.25, -0.2) is 4.79 Å². The van der Waals surface area contributed by atoms with E-state index in [1.54, 1.807) is 12.5 Å². The molecule has 2 aliphatic rings. The minimum Gasteiger partial charge on any atom is -0.478 e. The second kappa shape index (κ2) is 4.32. The summed E-state index contributed by atoms with van der Waals surface area (Å²) in [4.78, 5) is 11.1. The van der Waals surface area contributed by atoms with Crippen LogP contribution >= 0.6 is 0 Å². The number of allylic oxidation sites excluding steroid dienone is 3. The maximum Gasteiger partial charge on any atom is 0.331 e. The summed E-state index contributed by atoms with van der Waals surface area (Å²) in [6.07, 6.45) is 7.76. The minimum absolute atomic E-state index is 0.211. The van der Waals surface area contributed by atoms with Crippen LogP contribution in [-0.2, 0) is 4.79 Å². The molecule has 2 nitrogen and oxygen atoms in total. The van der Waals surface area contributed by atoms with E-state index in [9.17, 15) is 4.79 Å². The van der Waals surface area contributed by atoms with Gasteiger partial charge in [-0.1, -0.05) is 31.1 Å². The second-order valence-corrected chi connectivity index (χ2v) is 5.84. The Bertz CT molecular complexity index is 403. The third kappa shape index (κ3) is 2.05. The van der Waals surface area contributed by atoms with Gasteiger partial charge < -0.3 is 5.11 Å². The average Bonchev–Trinajstić information content (AvgIpc) is 2.29. The van der Waals surface area contributed by atoms with Crippen molar-refractivity contribution < 1.29 is 9.90 Å². The number of hydrogen-bond acceptors (Lipinski definition) is 1. The van der Waals surface area contributed by atoms with Crippen molar-refractivity contribution in [1.29, 1.82) is 0 Å². The van der Waals surface area contributed by atoms with Crippen LogP contribution in [0.4, 0.5) is 0 Å². The number of carbonyl (C=O) groups is 1. The molecule has 2 aliphatic carbocycles. The summed E-state index contributed by atoms with van der Waals surface area (Å²) in [6, 6.07) is 0. The van der Waals surface area contributed by atoms with E-state index in [4.69, 9.17) is 5.11 Å². The SMILES string of the molecule is CC(C(=O)O)=C1CCC2=CCCC(C)C2(C)C1. The predicted molar refractivity (Wildman–Crippen MR) is 68.8 cm³/mol. The Hall–Kier alpha value is -1.05. The van der Waals surface area contributed by atoms with E-state index in [-0.39, 0.29) is 5.41 Å². The average molecular weight is 234 g/mol. The van der Waals surface area contributed by atoms with Gasteiger partial charge in [0.05, 0.1) is 0 Å². The monoisotopic (exact) mass is 234 g/mol. The number of rotatable bonds is 1. The van der Waals surface area contributed by atoms with E-state index in [0.29, 0.717) is 11.5 Å². The maximum atomic E-state index is 11.1. The molecule has 2 atom stereocenters. The van der Waals surface area contributed by atoms with Gasteiger partial charge in [0.25, 0.3) is 0 Å². The zero-order valence-corrected chi connectivity index (χ0v) is 11.0. The van der Waals surface area contributed by atoms with Crippen LogP contribution in [0.3, 0.4) is 0 Å². The molecule has 17 heavy (non-hydrogen) atoms. The van der Waals surface area contributed by atoms with Gasteiger partial charge in [-0.2, -0.15) is 0 Å². The van der Waals surface area contributed by atoms with Crippen LogP contribution in [0.5, 0.6) is 0 Å². The summed E-state index contributed by atoms with van der Waals surface area (Å²) in [5.41, 5.74) is 3.51. The van der Waals surface area contributed by atoms with Crippen LogP contribution in [0.1, 0.15) is 52.9 Å². The number of fused-ring (bicyclic) bond motifs is 1. The zero-order valence-electron chi connectivity index (χ0n) is 11.0. The Balaban J connectivity index is 2.33. The van der Waals surface area contributed by atoms with Crippen molar-refractivity contribution in [3.63, 3.8) is 0 Å². The van der Waals surface area contributed by atoms with Gasteiger partial charge >= 0.3 is 5.97 Å². The molecule has 0 aromatic carbocycles. The molecule has 1 saturated carbocycles. The lowest BCUT2D eigenvalue weighted by Crippen LogP contribution is -2.34. The van der Waals surface area contributed by atoms with Crippen LogP contribution < -0.4 is 0 Å². The molecule has 94 valence electrons. The Morgan fingerprint density at radius 2 is 2.18 bits per heavy atom. The van der Waals surface area contributed by atoms with E-state index in [0.717, 1.165) is 24.8 Å². The van der Waals surface area contributed by atoms with Gasteiger partial charge in [0.1, 0.15) is 0 Å². The van der Waals surface area contributed by atoms with E-state index in [1.807, 2.05) is 0 Å². The van der Waals surface area contributed by atoms with Crippen LogP contribution in [0.15, 0.2) is 22.8 Å². The highest BCUT2D eigenvalue weighted by molar-refractivity contribution is 5.86. The van der Waals surface area contributed by atoms with Crippen LogP contribution in [0.25, 0.3) is 0 Å². The molecular weight excluding hydrogens is 212 g/mol. The van der Waals surface area contributed by atoms with Gasteiger partial charge in [0.2, 0.25) is 0 Å². The maximum absolute atomic E-state index is 11.1. The standard InChI is InChI=1S/C15H22O2/c1-10-5-4-6-13-8-7-12(9-15(10,13)3)11(2)14(16)17/h6,10H,4-5,7-9H2,1-3H3,(H,16,17). The highest BCUT2D eigenvalue weighted by atomic mass is 16.4. The highest BCUT2D eigenvalue weighted by Gasteiger charge is 2.40. The van der Waals surface area contributed by atoms with Crippen molar-refractivity contribution in [2.24, 2.45) is 11.3 Å². The largest absolute Gasteiger partial charge is 0.478 e. The number of carboxylic acid groups (broad SMARTS) is 1. The lowest BCUT2D eigenvalue weighted by atomic mass is 9.59. The molecule has 0 aliphatic heterocycles. The van der Waals surface area contributed by atoms with Gasteiger partial charge in [0, 0.05) is 5.57 Å². The molecule has 1 N–H and O–H groups in total. The molecule has 0 bridgehead atoms. The summed E-state index contributed by atoms with van der Waals surface area (Å²) < 4.78 is 0. The molecule has 2 rings (SSSR count). The first-order chi connectivity index (χ1) is 7.95. The zero-order chi connectivity index (χ0) is 12.6. The van der Waals surface area contributed by atoms with Crippen LogP contribution in [-0.4, -0.2) is 11.1 Å². The van der Waals surface area contributed by atoms with Gasteiger partial charge in [0.15, 0.2) is 0 Å². The van der Waals surface area contributed by atoms with Crippen LogP contribution in [0, 0.1) is 11.3 Å². The van der Waals surface area contributed by atoms with Gasteiger partial charge in [-0.15, -0.1) is 0 Å². The number of carboxylic acids is 1. The molecule has 0 aromatic heterocycles. The lowest BCUT2D eigenvalue weighted by Gasteiger charge is -2.45. The molecule has 0 radical (unpaired) electrons. The minimum atomic E-state index is -0.750. The molecule has 2 heteroatoms. The first-order valence-electron chi connectivity index (χ1n) is 6.56. The molecule has 0 saturated heterocycles. The van der Waals surface area contributed by atoms with Crippen LogP contribution in [0.2, 0.25) is 0 Å². The normalized spacial score (nSPS) is 35.9. The lowest BCUT2D eigenvalue weighted by molar-refractivity contribution is -0.132. The van der Waals surface area contributed by atoms with Crippen molar-refractivity contribution in [3.05, 3.63) is 22.8 Å². The number of hydrogen-bond donors (Lipinski definition) is 1. The number of aliphatic carboxylic acids is 1. The summed E-state index contributed by atoms with van der Waals surface area (Å²) >= 11 is 0. The molecule has 0 amide bonds. The highest BCUT2D eigenvalue weighted by Crippen LogP contribution is 2.52.